The van der Waals surface area contributed by atoms with Crippen LogP contribution in [0.5, 0.6) is 0 Å². The number of piperazine rings is 1. The molecule has 2 heterocycles. The van der Waals surface area contributed by atoms with E-state index in [4.69, 9.17) is 0 Å². The van der Waals surface area contributed by atoms with E-state index in [1.54, 1.807) is 0 Å². The average Bonchev–Trinajstić information content (AvgIpc) is 2.35. The maximum Gasteiger partial charge on any atom is 0.243 e. The monoisotopic (exact) mass is 253 g/mol. The Labute approximate surface area is 108 Å². The molecule has 2 N–H and O–H groups in total. The van der Waals surface area contributed by atoms with Crippen LogP contribution in [0.4, 0.5) is 0 Å². The first-order chi connectivity index (χ1) is 8.58. The van der Waals surface area contributed by atoms with Crippen LogP contribution in [0.3, 0.4) is 0 Å². The fourth-order valence-electron chi connectivity index (χ4n) is 2.94. The van der Waals surface area contributed by atoms with Crippen LogP contribution in [0, 0.1) is 0 Å². The second kappa shape index (κ2) is 5.80. The summed E-state index contributed by atoms with van der Waals surface area (Å²) in [5.74, 6) is -0.351. The molecule has 2 fully saturated rings. The lowest BCUT2D eigenvalue weighted by atomic mass is 9.97. The van der Waals surface area contributed by atoms with Crippen LogP contribution in [-0.2, 0) is 9.59 Å². The van der Waals surface area contributed by atoms with Gasteiger partial charge in [-0.2, -0.15) is 0 Å². The molecule has 0 aliphatic carbocycles. The SMILES string of the molecule is CC(CC1CCCCN1)N1CC(=O)NC(=O)C1C. The van der Waals surface area contributed by atoms with Gasteiger partial charge >= 0.3 is 0 Å². The molecule has 2 amide bonds. The van der Waals surface area contributed by atoms with Crippen molar-refractivity contribution in [3.63, 3.8) is 0 Å². The number of amides is 2. The number of hydrogen-bond donors (Lipinski definition) is 2. The molecule has 2 aliphatic heterocycles. The standard InChI is InChI=1S/C13H23N3O2/c1-9(7-11-5-3-4-6-14-11)16-8-12(17)15-13(18)10(16)2/h9-11,14H,3-8H2,1-2H3,(H,15,17,18). The van der Waals surface area contributed by atoms with Gasteiger partial charge in [0.1, 0.15) is 0 Å². The van der Waals surface area contributed by atoms with Crippen LogP contribution < -0.4 is 10.6 Å². The van der Waals surface area contributed by atoms with Gasteiger partial charge < -0.3 is 5.32 Å². The predicted octanol–water partition coefficient (Wildman–Crippen LogP) is 0.254. The van der Waals surface area contributed by atoms with Crippen molar-refractivity contribution < 1.29 is 9.59 Å². The second-order valence-corrected chi connectivity index (χ2v) is 5.49. The van der Waals surface area contributed by atoms with E-state index in [-0.39, 0.29) is 23.9 Å². The molecule has 0 bridgehead atoms. The number of rotatable bonds is 3. The van der Waals surface area contributed by atoms with Crippen molar-refractivity contribution in [2.75, 3.05) is 13.1 Å². The molecule has 3 atom stereocenters. The van der Waals surface area contributed by atoms with Gasteiger partial charge in [0.05, 0.1) is 12.6 Å². The topological polar surface area (TPSA) is 61.4 Å². The molecule has 0 aromatic carbocycles. The molecular weight excluding hydrogens is 230 g/mol. The Morgan fingerprint density at radius 1 is 1.39 bits per heavy atom. The highest BCUT2D eigenvalue weighted by molar-refractivity contribution is 6.00. The Hall–Kier alpha value is -0.940. The van der Waals surface area contributed by atoms with Crippen molar-refractivity contribution in [2.24, 2.45) is 0 Å². The summed E-state index contributed by atoms with van der Waals surface area (Å²) in [7, 11) is 0. The molecule has 2 aliphatic rings. The molecule has 3 unspecified atom stereocenters. The summed E-state index contributed by atoms with van der Waals surface area (Å²) in [6.07, 6.45) is 4.74. The summed E-state index contributed by atoms with van der Waals surface area (Å²) in [5.41, 5.74) is 0. The quantitative estimate of drug-likeness (QED) is 0.708. The maximum absolute atomic E-state index is 11.6. The molecule has 0 spiro atoms. The number of imide groups is 1. The van der Waals surface area contributed by atoms with E-state index < -0.39 is 0 Å². The Balaban J connectivity index is 1.92. The number of nitrogens with one attached hydrogen (secondary N) is 2. The number of hydrogen-bond acceptors (Lipinski definition) is 4. The third kappa shape index (κ3) is 3.09. The molecule has 0 radical (unpaired) electrons. The number of carbonyl (C=O) groups is 2. The van der Waals surface area contributed by atoms with Gasteiger partial charge in [0.15, 0.2) is 0 Å². The van der Waals surface area contributed by atoms with Gasteiger partial charge in [-0.1, -0.05) is 6.42 Å². The van der Waals surface area contributed by atoms with Gasteiger partial charge in [-0.05, 0) is 39.7 Å². The molecular formula is C13H23N3O2. The minimum atomic E-state index is -0.207. The van der Waals surface area contributed by atoms with Crippen LogP contribution >= 0.6 is 0 Å². The first-order valence-electron chi connectivity index (χ1n) is 6.90. The molecule has 2 saturated heterocycles. The van der Waals surface area contributed by atoms with E-state index in [0.29, 0.717) is 12.6 Å². The van der Waals surface area contributed by atoms with E-state index >= 15 is 0 Å². The zero-order valence-corrected chi connectivity index (χ0v) is 11.2. The molecule has 102 valence electrons. The van der Waals surface area contributed by atoms with Gasteiger partial charge in [0, 0.05) is 12.1 Å². The molecule has 0 saturated carbocycles. The highest BCUT2D eigenvalue weighted by Crippen LogP contribution is 2.18. The van der Waals surface area contributed by atoms with Gasteiger partial charge in [0.2, 0.25) is 11.8 Å². The molecule has 18 heavy (non-hydrogen) atoms. The Morgan fingerprint density at radius 2 is 2.17 bits per heavy atom. The molecule has 0 aromatic rings. The van der Waals surface area contributed by atoms with E-state index in [1.165, 1.54) is 19.3 Å². The summed E-state index contributed by atoms with van der Waals surface area (Å²) in [6, 6.07) is 0.577. The number of piperidine rings is 1. The van der Waals surface area contributed by atoms with E-state index in [2.05, 4.69) is 17.6 Å². The molecule has 2 rings (SSSR count). The minimum absolute atomic E-state index is 0.172. The molecule has 0 aromatic heterocycles. The average molecular weight is 253 g/mol. The third-order valence-electron chi connectivity index (χ3n) is 4.07. The summed E-state index contributed by atoms with van der Waals surface area (Å²) in [6.45, 7) is 5.40. The highest BCUT2D eigenvalue weighted by Gasteiger charge is 2.33. The van der Waals surface area contributed by atoms with Crippen LogP contribution in [0.1, 0.15) is 39.5 Å². The lowest BCUT2D eigenvalue weighted by Crippen LogP contribution is -2.60. The predicted molar refractivity (Wildman–Crippen MR) is 69.0 cm³/mol. The van der Waals surface area contributed by atoms with Crippen LogP contribution in [0.2, 0.25) is 0 Å². The van der Waals surface area contributed by atoms with E-state index in [0.717, 1.165) is 13.0 Å². The van der Waals surface area contributed by atoms with Crippen LogP contribution in [0.15, 0.2) is 0 Å². The Morgan fingerprint density at radius 3 is 2.83 bits per heavy atom. The Kier molecular flexibility index (Phi) is 4.35. The van der Waals surface area contributed by atoms with Crippen molar-refractivity contribution in [2.45, 2.75) is 57.7 Å². The second-order valence-electron chi connectivity index (χ2n) is 5.49. The van der Waals surface area contributed by atoms with Crippen LogP contribution in [-0.4, -0.2) is 47.9 Å². The van der Waals surface area contributed by atoms with E-state index in [9.17, 15) is 9.59 Å². The lowest BCUT2D eigenvalue weighted by Gasteiger charge is -2.38. The summed E-state index contributed by atoms with van der Waals surface area (Å²) >= 11 is 0. The zero-order chi connectivity index (χ0) is 13.1. The maximum atomic E-state index is 11.6. The molecule has 5 nitrogen and oxygen atoms in total. The molecule has 5 heteroatoms. The van der Waals surface area contributed by atoms with Crippen LogP contribution in [0.25, 0.3) is 0 Å². The first-order valence-corrected chi connectivity index (χ1v) is 6.90. The Bertz CT molecular complexity index is 326. The van der Waals surface area contributed by atoms with Gasteiger partial charge in [-0.3, -0.25) is 19.8 Å². The number of nitrogens with zero attached hydrogens (tertiary/aromatic N) is 1. The van der Waals surface area contributed by atoms with E-state index in [1.807, 2.05) is 11.8 Å². The fraction of sp³-hybridized carbons (Fsp3) is 0.846. The van der Waals surface area contributed by atoms with Crippen molar-refractivity contribution in [3.8, 4) is 0 Å². The summed E-state index contributed by atoms with van der Waals surface area (Å²) in [5, 5.41) is 5.90. The zero-order valence-electron chi connectivity index (χ0n) is 11.2. The van der Waals surface area contributed by atoms with Crippen molar-refractivity contribution in [3.05, 3.63) is 0 Å². The van der Waals surface area contributed by atoms with Gasteiger partial charge in [-0.15, -0.1) is 0 Å². The highest BCUT2D eigenvalue weighted by atomic mass is 16.2. The third-order valence-corrected chi connectivity index (χ3v) is 4.07. The van der Waals surface area contributed by atoms with Crippen molar-refractivity contribution >= 4 is 11.8 Å². The lowest BCUT2D eigenvalue weighted by molar-refractivity contribution is -0.140. The normalized spacial score (nSPS) is 32.1. The minimum Gasteiger partial charge on any atom is -0.314 e. The van der Waals surface area contributed by atoms with Gasteiger partial charge in [-0.25, -0.2) is 0 Å². The largest absolute Gasteiger partial charge is 0.314 e. The van der Waals surface area contributed by atoms with Crippen molar-refractivity contribution in [1.29, 1.82) is 0 Å². The summed E-state index contributed by atoms with van der Waals surface area (Å²) in [4.78, 5) is 25.1. The number of carbonyl (C=O) groups excluding carboxylic acids is 2. The summed E-state index contributed by atoms with van der Waals surface area (Å²) < 4.78 is 0. The fourth-order valence-corrected chi connectivity index (χ4v) is 2.94. The van der Waals surface area contributed by atoms with Crippen molar-refractivity contribution in [1.82, 2.24) is 15.5 Å². The van der Waals surface area contributed by atoms with Gasteiger partial charge in [0.25, 0.3) is 0 Å². The first kappa shape index (κ1) is 13.5. The smallest absolute Gasteiger partial charge is 0.243 e.